The van der Waals surface area contributed by atoms with Crippen LogP contribution in [0, 0.1) is 0 Å². The number of hydrogen-bond donors (Lipinski definition) is 0. The maximum absolute atomic E-state index is 6.41. The first kappa shape index (κ1) is 16.7. The molecule has 1 aliphatic heterocycles. The molecule has 0 amide bonds. The monoisotopic (exact) mass is 352 g/mol. The Morgan fingerprint density at radius 3 is 2.65 bits per heavy atom. The molecule has 0 aromatic heterocycles. The summed E-state index contributed by atoms with van der Waals surface area (Å²) in [6.45, 7) is 0.932. The zero-order chi connectivity index (χ0) is 16.3. The fourth-order valence-electron chi connectivity index (χ4n) is 2.82. The first-order valence-corrected chi connectivity index (χ1v) is 8.19. The second-order valence-corrected chi connectivity index (χ2v) is 6.39. The molecule has 1 aliphatic rings. The van der Waals surface area contributed by atoms with E-state index in [-0.39, 0.29) is 6.10 Å². The van der Waals surface area contributed by atoms with Crippen LogP contribution < -0.4 is 0 Å². The second-order valence-electron chi connectivity index (χ2n) is 5.55. The van der Waals surface area contributed by atoms with Crippen molar-refractivity contribution in [1.82, 2.24) is 0 Å². The van der Waals surface area contributed by atoms with Crippen LogP contribution in [0.25, 0.3) is 0 Å². The molecular weight excluding hydrogens is 335 g/mol. The molecule has 0 bridgehead atoms. The average Bonchev–Trinajstić information content (AvgIpc) is 2.92. The van der Waals surface area contributed by atoms with Crippen molar-refractivity contribution in [3.8, 4) is 0 Å². The minimum atomic E-state index is -0.924. The summed E-state index contributed by atoms with van der Waals surface area (Å²) < 4.78 is 17.5. The number of rotatable bonds is 5. The van der Waals surface area contributed by atoms with Crippen LogP contribution in [0.3, 0.4) is 0 Å². The van der Waals surface area contributed by atoms with Crippen LogP contribution in [0.1, 0.15) is 11.1 Å². The molecule has 2 aromatic carbocycles. The maximum atomic E-state index is 6.41. The van der Waals surface area contributed by atoms with Crippen LogP contribution in [0.5, 0.6) is 0 Å². The summed E-state index contributed by atoms with van der Waals surface area (Å²) in [5, 5.41) is 1.12. The lowest BCUT2D eigenvalue weighted by Gasteiger charge is -2.29. The summed E-state index contributed by atoms with van der Waals surface area (Å²) in [4.78, 5) is 0. The van der Waals surface area contributed by atoms with Crippen molar-refractivity contribution < 1.29 is 14.2 Å². The highest BCUT2D eigenvalue weighted by Gasteiger charge is 2.44. The van der Waals surface area contributed by atoms with Gasteiger partial charge >= 0.3 is 0 Å². The van der Waals surface area contributed by atoms with Gasteiger partial charge in [0.25, 0.3) is 0 Å². The summed E-state index contributed by atoms with van der Waals surface area (Å²) in [5.41, 5.74) is 1.89. The van der Waals surface area contributed by atoms with Gasteiger partial charge in [0.15, 0.2) is 0 Å². The lowest BCUT2D eigenvalue weighted by molar-refractivity contribution is -0.180. The van der Waals surface area contributed by atoms with Crippen LogP contribution in [-0.4, -0.2) is 26.4 Å². The quantitative estimate of drug-likeness (QED) is 0.795. The highest BCUT2D eigenvalue weighted by Crippen LogP contribution is 2.41. The van der Waals surface area contributed by atoms with E-state index >= 15 is 0 Å². The molecule has 23 heavy (non-hydrogen) atoms. The van der Waals surface area contributed by atoms with Crippen LogP contribution in [-0.2, 0) is 26.4 Å². The Labute approximate surface area is 146 Å². The molecule has 2 atom stereocenters. The first-order valence-electron chi connectivity index (χ1n) is 7.43. The zero-order valence-electron chi connectivity index (χ0n) is 12.8. The normalized spacial score (nSPS) is 24.0. The third-order valence-corrected chi connectivity index (χ3v) is 4.38. The predicted molar refractivity (Wildman–Crippen MR) is 91.0 cm³/mol. The Morgan fingerprint density at radius 2 is 1.96 bits per heavy atom. The van der Waals surface area contributed by atoms with Gasteiger partial charge in [-0.1, -0.05) is 59.6 Å². The van der Waals surface area contributed by atoms with E-state index in [1.807, 2.05) is 36.4 Å². The van der Waals surface area contributed by atoms with Gasteiger partial charge in [-0.05, 0) is 17.7 Å². The SMILES string of the molecule is COCC1COC(Cc2ccccc2)(c2ccc(Cl)cc2Cl)O1. The molecule has 0 spiro atoms. The van der Waals surface area contributed by atoms with E-state index in [0.29, 0.717) is 29.7 Å². The van der Waals surface area contributed by atoms with Gasteiger partial charge in [-0.25, -0.2) is 0 Å². The Bertz CT molecular complexity index is 663. The Morgan fingerprint density at radius 1 is 1.17 bits per heavy atom. The number of ether oxygens (including phenoxy) is 3. The molecule has 0 radical (unpaired) electrons. The molecule has 2 aromatic rings. The average molecular weight is 353 g/mol. The Hall–Kier alpha value is -1.10. The Kier molecular flexibility index (Phi) is 5.24. The van der Waals surface area contributed by atoms with E-state index in [4.69, 9.17) is 37.4 Å². The van der Waals surface area contributed by atoms with Crippen molar-refractivity contribution >= 4 is 23.2 Å². The van der Waals surface area contributed by atoms with Crippen molar-refractivity contribution in [3.63, 3.8) is 0 Å². The van der Waals surface area contributed by atoms with E-state index in [1.54, 1.807) is 19.2 Å². The molecule has 0 saturated carbocycles. The molecule has 122 valence electrons. The molecule has 5 heteroatoms. The highest BCUT2D eigenvalue weighted by molar-refractivity contribution is 6.35. The van der Waals surface area contributed by atoms with Crippen LogP contribution in [0.15, 0.2) is 48.5 Å². The molecule has 3 rings (SSSR count). The maximum Gasteiger partial charge on any atom is 0.200 e. The van der Waals surface area contributed by atoms with E-state index < -0.39 is 5.79 Å². The number of halogens is 2. The van der Waals surface area contributed by atoms with Gasteiger partial charge in [-0.15, -0.1) is 0 Å². The molecular formula is C18H18Cl2O3. The van der Waals surface area contributed by atoms with Crippen molar-refractivity contribution in [2.45, 2.75) is 18.3 Å². The zero-order valence-corrected chi connectivity index (χ0v) is 14.3. The lowest BCUT2D eigenvalue weighted by atomic mass is 9.97. The Balaban J connectivity index is 1.97. The first-order chi connectivity index (χ1) is 11.1. The predicted octanol–water partition coefficient (Wildman–Crippen LogP) is 4.45. The van der Waals surface area contributed by atoms with Gasteiger partial charge in [0.1, 0.15) is 6.10 Å². The minimum absolute atomic E-state index is 0.129. The van der Waals surface area contributed by atoms with Crippen LogP contribution in [0.2, 0.25) is 10.0 Å². The standard InChI is InChI=1S/C18H18Cl2O3/c1-21-11-15-12-22-18(23-15,10-13-5-3-2-4-6-13)16-8-7-14(19)9-17(16)20/h2-9,15H,10-12H2,1H3. The van der Waals surface area contributed by atoms with Gasteiger partial charge in [0, 0.05) is 24.1 Å². The van der Waals surface area contributed by atoms with Gasteiger partial charge in [-0.2, -0.15) is 0 Å². The number of hydrogen-bond acceptors (Lipinski definition) is 3. The third kappa shape index (κ3) is 3.70. The third-order valence-electron chi connectivity index (χ3n) is 3.83. The van der Waals surface area contributed by atoms with Crippen molar-refractivity contribution in [3.05, 3.63) is 69.7 Å². The van der Waals surface area contributed by atoms with Gasteiger partial charge in [0.2, 0.25) is 5.79 Å². The molecule has 0 N–H and O–H groups in total. The fraction of sp³-hybridized carbons (Fsp3) is 0.333. The molecule has 3 nitrogen and oxygen atoms in total. The van der Waals surface area contributed by atoms with Crippen molar-refractivity contribution in [2.24, 2.45) is 0 Å². The molecule has 2 unspecified atom stereocenters. The highest BCUT2D eigenvalue weighted by atomic mass is 35.5. The number of methoxy groups -OCH3 is 1. The van der Waals surface area contributed by atoms with Crippen LogP contribution in [0.4, 0.5) is 0 Å². The minimum Gasteiger partial charge on any atom is -0.382 e. The molecule has 1 saturated heterocycles. The van der Waals surface area contributed by atoms with E-state index in [2.05, 4.69) is 0 Å². The van der Waals surface area contributed by atoms with Gasteiger partial charge in [0.05, 0.1) is 18.2 Å². The van der Waals surface area contributed by atoms with Crippen LogP contribution >= 0.6 is 23.2 Å². The topological polar surface area (TPSA) is 27.7 Å². The number of benzene rings is 2. The fourth-order valence-corrected chi connectivity index (χ4v) is 3.38. The van der Waals surface area contributed by atoms with Crippen molar-refractivity contribution in [2.75, 3.05) is 20.3 Å². The largest absolute Gasteiger partial charge is 0.382 e. The smallest absolute Gasteiger partial charge is 0.200 e. The molecule has 1 heterocycles. The van der Waals surface area contributed by atoms with E-state index in [1.165, 1.54) is 0 Å². The molecule has 0 aliphatic carbocycles. The van der Waals surface area contributed by atoms with E-state index in [0.717, 1.165) is 11.1 Å². The summed E-state index contributed by atoms with van der Waals surface area (Å²) in [6.07, 6.45) is 0.436. The lowest BCUT2D eigenvalue weighted by Crippen LogP contribution is -2.32. The van der Waals surface area contributed by atoms with Gasteiger partial charge < -0.3 is 14.2 Å². The van der Waals surface area contributed by atoms with Crippen molar-refractivity contribution in [1.29, 1.82) is 0 Å². The molecule has 1 fully saturated rings. The second kappa shape index (κ2) is 7.20. The van der Waals surface area contributed by atoms with Gasteiger partial charge in [-0.3, -0.25) is 0 Å². The summed E-state index contributed by atoms with van der Waals surface area (Å²) in [7, 11) is 1.65. The van der Waals surface area contributed by atoms with E-state index in [9.17, 15) is 0 Å². The summed E-state index contributed by atoms with van der Waals surface area (Å²) in [5.74, 6) is -0.924. The summed E-state index contributed by atoms with van der Waals surface area (Å²) >= 11 is 12.4. The summed E-state index contributed by atoms with van der Waals surface area (Å²) in [6, 6.07) is 15.4.